The van der Waals surface area contributed by atoms with Crippen LogP contribution in [0.4, 0.5) is 5.82 Å². The quantitative estimate of drug-likeness (QED) is 0.425. The van der Waals surface area contributed by atoms with Crippen LogP contribution < -0.4 is 4.90 Å². The summed E-state index contributed by atoms with van der Waals surface area (Å²) in [4.78, 5) is 26.2. The van der Waals surface area contributed by atoms with Gasteiger partial charge in [-0.1, -0.05) is 48.5 Å². The van der Waals surface area contributed by atoms with Crippen molar-refractivity contribution in [3.05, 3.63) is 78.2 Å². The Morgan fingerprint density at radius 3 is 2.30 bits per heavy atom. The third-order valence-corrected chi connectivity index (χ3v) is 6.08. The number of fused-ring (bicyclic) bond motifs is 1. The number of aromatic nitrogens is 4. The van der Waals surface area contributed by atoms with Gasteiger partial charge in [0, 0.05) is 32.6 Å². The Labute approximate surface area is 197 Å². The van der Waals surface area contributed by atoms with E-state index < -0.39 is 5.38 Å². The second-order valence-electron chi connectivity index (χ2n) is 8.18. The fourth-order valence-electron chi connectivity index (χ4n) is 4.18. The van der Waals surface area contributed by atoms with Crippen LogP contribution >= 0.6 is 11.6 Å². The number of carbonyl (C=O) groups excluding carboxylic acids is 1. The van der Waals surface area contributed by atoms with Crippen LogP contribution in [0.5, 0.6) is 0 Å². The molecule has 1 atom stereocenters. The van der Waals surface area contributed by atoms with E-state index in [1.54, 1.807) is 6.92 Å². The van der Waals surface area contributed by atoms with Gasteiger partial charge in [0.2, 0.25) is 5.91 Å². The molecule has 0 saturated carbocycles. The van der Waals surface area contributed by atoms with Crippen LogP contribution in [0.3, 0.4) is 0 Å². The van der Waals surface area contributed by atoms with E-state index in [1.165, 1.54) is 0 Å². The average Bonchev–Trinajstić information content (AvgIpc) is 3.28. The van der Waals surface area contributed by atoms with Crippen LogP contribution in [0.2, 0.25) is 0 Å². The molecule has 1 aliphatic rings. The molecule has 3 heterocycles. The minimum atomic E-state index is -0.510. The van der Waals surface area contributed by atoms with E-state index in [9.17, 15) is 4.79 Å². The van der Waals surface area contributed by atoms with Crippen molar-refractivity contribution in [2.45, 2.75) is 18.7 Å². The zero-order valence-corrected chi connectivity index (χ0v) is 19.2. The Morgan fingerprint density at radius 1 is 0.970 bits per heavy atom. The van der Waals surface area contributed by atoms with E-state index in [-0.39, 0.29) is 5.91 Å². The van der Waals surface area contributed by atoms with Crippen molar-refractivity contribution in [2.75, 3.05) is 31.1 Å². The smallest absolute Gasteiger partial charge is 0.240 e. The third-order valence-electron chi connectivity index (χ3n) is 5.89. The van der Waals surface area contributed by atoms with E-state index in [4.69, 9.17) is 21.6 Å². The summed E-state index contributed by atoms with van der Waals surface area (Å²) >= 11 is 6.02. The van der Waals surface area contributed by atoms with Crippen LogP contribution in [0.1, 0.15) is 18.3 Å². The maximum Gasteiger partial charge on any atom is 0.240 e. The van der Waals surface area contributed by atoms with Crippen molar-refractivity contribution in [3.63, 3.8) is 0 Å². The van der Waals surface area contributed by atoms with E-state index >= 15 is 0 Å². The minimum absolute atomic E-state index is 0.0224. The van der Waals surface area contributed by atoms with Crippen molar-refractivity contribution in [1.29, 1.82) is 0 Å². The van der Waals surface area contributed by atoms with Crippen LogP contribution in [0.15, 0.2) is 66.9 Å². The molecule has 0 unspecified atom stereocenters. The second kappa shape index (κ2) is 9.19. The van der Waals surface area contributed by atoms with Crippen molar-refractivity contribution >= 4 is 34.4 Å². The molecule has 1 amide bonds. The first kappa shape index (κ1) is 21.4. The number of alkyl halides is 1. The number of piperazine rings is 1. The van der Waals surface area contributed by atoms with Gasteiger partial charge in [0.25, 0.3) is 0 Å². The fourth-order valence-corrected chi connectivity index (χ4v) is 4.32. The molecule has 0 spiro atoms. The van der Waals surface area contributed by atoms with E-state index in [2.05, 4.69) is 22.1 Å². The van der Waals surface area contributed by atoms with Gasteiger partial charge < -0.3 is 9.80 Å². The van der Waals surface area contributed by atoms with Crippen molar-refractivity contribution in [2.24, 2.45) is 0 Å². The number of halogens is 1. The van der Waals surface area contributed by atoms with Gasteiger partial charge in [0.1, 0.15) is 17.0 Å². The molecule has 1 aliphatic heterocycles. The fraction of sp³-hybridized carbons (Fsp3) is 0.280. The lowest BCUT2D eigenvalue weighted by atomic mass is 10.1. The van der Waals surface area contributed by atoms with Crippen LogP contribution in [0, 0.1) is 0 Å². The van der Waals surface area contributed by atoms with Crippen LogP contribution in [0.25, 0.3) is 16.7 Å². The molecule has 2 aromatic carbocycles. The summed E-state index contributed by atoms with van der Waals surface area (Å²) in [5.41, 5.74) is 2.89. The Morgan fingerprint density at radius 2 is 1.64 bits per heavy atom. The van der Waals surface area contributed by atoms with Crippen molar-refractivity contribution in [3.8, 4) is 5.69 Å². The first-order valence-corrected chi connectivity index (χ1v) is 11.6. The zero-order valence-electron chi connectivity index (χ0n) is 18.4. The first-order chi connectivity index (χ1) is 16.1. The molecular weight excluding hydrogens is 436 g/mol. The number of para-hydroxylation sites is 1. The largest absolute Gasteiger partial charge is 0.352 e. The SMILES string of the molecule is C[C@@H](Cl)C(=O)N1CCN(c2nc(Cc3ccccc3)nc3c2cnn3-c2ccccc2)CC1. The number of anilines is 1. The Balaban J connectivity index is 1.53. The Kier molecular flexibility index (Phi) is 5.96. The normalized spacial score (nSPS) is 15.1. The Bertz CT molecular complexity index is 1250. The van der Waals surface area contributed by atoms with E-state index in [1.807, 2.05) is 64.3 Å². The van der Waals surface area contributed by atoms with Gasteiger partial charge in [0.05, 0.1) is 17.3 Å². The molecule has 168 valence electrons. The van der Waals surface area contributed by atoms with Crippen molar-refractivity contribution in [1.82, 2.24) is 24.6 Å². The standard InChI is InChI=1S/C25H25ClN6O/c1-18(26)25(33)31-14-12-30(13-15-31)23-21-17-27-32(20-10-6-3-7-11-20)24(21)29-22(28-23)16-19-8-4-2-5-9-19/h2-11,17-18H,12-16H2,1H3/t18-/m1/s1. The first-order valence-electron chi connectivity index (χ1n) is 11.1. The lowest BCUT2D eigenvalue weighted by Crippen LogP contribution is -2.50. The van der Waals surface area contributed by atoms with Crippen LogP contribution in [-0.4, -0.2) is 62.1 Å². The summed E-state index contributed by atoms with van der Waals surface area (Å²) in [6.07, 6.45) is 2.47. The average molecular weight is 461 g/mol. The number of carbonyl (C=O) groups is 1. The molecule has 33 heavy (non-hydrogen) atoms. The van der Waals surface area contributed by atoms with Crippen LogP contribution in [-0.2, 0) is 11.2 Å². The van der Waals surface area contributed by atoms with Gasteiger partial charge in [-0.2, -0.15) is 5.10 Å². The van der Waals surface area contributed by atoms with Crippen molar-refractivity contribution < 1.29 is 4.79 Å². The number of hydrogen-bond acceptors (Lipinski definition) is 5. The summed E-state index contributed by atoms with van der Waals surface area (Å²) in [5.74, 6) is 1.58. The summed E-state index contributed by atoms with van der Waals surface area (Å²) in [6.45, 7) is 4.31. The monoisotopic (exact) mass is 460 g/mol. The van der Waals surface area contributed by atoms with Gasteiger partial charge in [-0.25, -0.2) is 14.6 Å². The molecule has 0 aliphatic carbocycles. The Hall–Kier alpha value is -3.45. The molecule has 1 saturated heterocycles. The molecule has 0 radical (unpaired) electrons. The molecule has 1 fully saturated rings. The summed E-state index contributed by atoms with van der Waals surface area (Å²) < 4.78 is 1.87. The zero-order chi connectivity index (χ0) is 22.8. The highest BCUT2D eigenvalue weighted by molar-refractivity contribution is 6.30. The predicted molar refractivity (Wildman–Crippen MR) is 130 cm³/mol. The van der Waals surface area contributed by atoms with Gasteiger partial charge in [-0.05, 0) is 24.6 Å². The molecular formula is C25H25ClN6O. The minimum Gasteiger partial charge on any atom is -0.352 e. The highest BCUT2D eigenvalue weighted by Gasteiger charge is 2.26. The summed E-state index contributed by atoms with van der Waals surface area (Å²) in [5, 5.41) is 5.03. The highest BCUT2D eigenvalue weighted by Crippen LogP contribution is 2.27. The number of benzene rings is 2. The lowest BCUT2D eigenvalue weighted by molar-refractivity contribution is -0.130. The third kappa shape index (κ3) is 4.41. The number of nitrogens with zero attached hydrogens (tertiary/aromatic N) is 6. The number of hydrogen-bond donors (Lipinski definition) is 0. The van der Waals surface area contributed by atoms with Gasteiger partial charge in [-0.3, -0.25) is 4.79 Å². The summed E-state index contributed by atoms with van der Waals surface area (Å²) in [6, 6.07) is 20.2. The molecule has 4 aromatic rings. The lowest BCUT2D eigenvalue weighted by Gasteiger charge is -2.36. The maximum atomic E-state index is 12.3. The molecule has 7 nitrogen and oxygen atoms in total. The van der Waals surface area contributed by atoms with E-state index in [0.29, 0.717) is 32.6 Å². The molecule has 5 rings (SSSR count). The van der Waals surface area contributed by atoms with Gasteiger partial charge in [0.15, 0.2) is 5.65 Å². The second-order valence-corrected chi connectivity index (χ2v) is 8.84. The number of rotatable bonds is 5. The molecule has 0 N–H and O–H groups in total. The topological polar surface area (TPSA) is 67.2 Å². The highest BCUT2D eigenvalue weighted by atomic mass is 35.5. The molecule has 8 heteroatoms. The van der Waals surface area contributed by atoms with Gasteiger partial charge in [-0.15, -0.1) is 11.6 Å². The maximum absolute atomic E-state index is 12.3. The predicted octanol–water partition coefficient (Wildman–Crippen LogP) is 3.68. The van der Waals surface area contributed by atoms with E-state index in [0.717, 1.165) is 33.9 Å². The van der Waals surface area contributed by atoms with Gasteiger partial charge >= 0.3 is 0 Å². The molecule has 0 bridgehead atoms. The summed E-state index contributed by atoms with van der Waals surface area (Å²) in [7, 11) is 0. The molecule has 2 aromatic heterocycles. The number of amides is 1.